The zero-order valence-electron chi connectivity index (χ0n) is 12.2. The van der Waals surface area contributed by atoms with Crippen LogP contribution in [0.15, 0.2) is 59.4 Å². The number of nitrogens with one attached hydrogen (secondary N) is 1. The molecule has 0 aliphatic rings. The third-order valence-electron chi connectivity index (χ3n) is 3.49. The lowest BCUT2D eigenvalue weighted by Gasteiger charge is -2.01. The predicted molar refractivity (Wildman–Crippen MR) is 88.1 cm³/mol. The van der Waals surface area contributed by atoms with Crippen molar-refractivity contribution in [1.82, 2.24) is 9.78 Å². The van der Waals surface area contributed by atoms with Gasteiger partial charge in [0.05, 0.1) is 21.8 Å². The van der Waals surface area contributed by atoms with Crippen LogP contribution in [0.5, 0.6) is 0 Å². The number of carboxylic acids is 1. The largest absolute Gasteiger partial charge is 0.478 e. The van der Waals surface area contributed by atoms with E-state index in [0.29, 0.717) is 16.3 Å². The fourth-order valence-electron chi connectivity index (χ4n) is 2.30. The minimum absolute atomic E-state index is 0.166. The summed E-state index contributed by atoms with van der Waals surface area (Å²) >= 11 is 0. The number of hydrogen-bond donors (Lipinski definition) is 2. The van der Waals surface area contributed by atoms with Crippen molar-refractivity contribution in [2.24, 2.45) is 0 Å². The second kappa shape index (κ2) is 5.81. The third kappa shape index (κ3) is 2.85. The van der Waals surface area contributed by atoms with Crippen LogP contribution in [0.3, 0.4) is 0 Å². The van der Waals surface area contributed by atoms with E-state index < -0.39 is 5.97 Å². The molecule has 0 aliphatic heterocycles. The highest BCUT2D eigenvalue weighted by Gasteiger charge is 2.07. The van der Waals surface area contributed by atoms with Gasteiger partial charge in [-0.15, -0.1) is 0 Å². The van der Waals surface area contributed by atoms with Crippen LogP contribution in [0.4, 0.5) is 0 Å². The fourth-order valence-corrected chi connectivity index (χ4v) is 2.30. The van der Waals surface area contributed by atoms with Crippen molar-refractivity contribution in [3.05, 3.63) is 86.6 Å². The van der Waals surface area contributed by atoms with Crippen LogP contribution in [-0.4, -0.2) is 20.9 Å². The molecule has 114 valence electrons. The van der Waals surface area contributed by atoms with E-state index in [9.17, 15) is 9.59 Å². The number of carboxylic acid groups (broad SMARTS) is 1. The molecule has 5 heteroatoms. The number of aromatic nitrogens is 2. The average molecular weight is 306 g/mol. The average Bonchev–Trinajstić information content (AvgIpc) is 2.84. The summed E-state index contributed by atoms with van der Waals surface area (Å²) < 4.78 is 1.35. The van der Waals surface area contributed by atoms with Crippen LogP contribution >= 0.6 is 0 Å². The fraction of sp³-hybridized carbons (Fsp3) is 0. The maximum Gasteiger partial charge on any atom is 0.335 e. The van der Waals surface area contributed by atoms with E-state index in [1.807, 2.05) is 30.3 Å². The van der Waals surface area contributed by atoms with Crippen molar-refractivity contribution < 1.29 is 9.90 Å². The summed E-state index contributed by atoms with van der Waals surface area (Å²) in [5.41, 5.74) is 1.39. The van der Waals surface area contributed by atoms with E-state index in [-0.39, 0.29) is 11.1 Å². The van der Waals surface area contributed by atoms with Gasteiger partial charge < -0.3 is 5.11 Å². The van der Waals surface area contributed by atoms with Crippen LogP contribution in [0.1, 0.15) is 15.9 Å². The van der Waals surface area contributed by atoms with Crippen LogP contribution in [-0.2, 0) is 0 Å². The number of aromatic carboxylic acids is 1. The Bertz CT molecular complexity index is 1010. The monoisotopic (exact) mass is 306 g/mol. The molecule has 0 amide bonds. The Kier molecular flexibility index (Phi) is 3.68. The summed E-state index contributed by atoms with van der Waals surface area (Å²) in [5.74, 6) is -1.01. The van der Waals surface area contributed by atoms with Crippen molar-refractivity contribution >= 4 is 18.6 Å². The van der Waals surface area contributed by atoms with E-state index in [1.165, 1.54) is 16.8 Å². The molecule has 2 N–H and O–H groups in total. The lowest BCUT2D eigenvalue weighted by molar-refractivity contribution is 0.0697. The molecule has 0 spiro atoms. The van der Waals surface area contributed by atoms with Crippen molar-refractivity contribution in [2.75, 3.05) is 0 Å². The highest BCUT2D eigenvalue weighted by atomic mass is 16.4. The van der Waals surface area contributed by atoms with E-state index in [2.05, 4.69) is 11.7 Å². The highest BCUT2D eigenvalue weighted by molar-refractivity contribution is 5.87. The number of carbonyl (C=O) groups is 1. The third-order valence-corrected chi connectivity index (χ3v) is 3.49. The molecule has 3 aromatic rings. The van der Waals surface area contributed by atoms with E-state index in [4.69, 9.17) is 5.11 Å². The Morgan fingerprint density at radius 2 is 1.74 bits per heavy atom. The molecule has 0 fully saturated rings. The van der Waals surface area contributed by atoms with Gasteiger partial charge in [-0.2, -0.15) is 0 Å². The quantitative estimate of drug-likeness (QED) is 0.761. The van der Waals surface area contributed by atoms with E-state index in [1.54, 1.807) is 18.2 Å². The summed E-state index contributed by atoms with van der Waals surface area (Å²) in [6.45, 7) is 3.87. The molecule has 0 unspecified atom stereocenters. The Balaban J connectivity index is 2.12. The van der Waals surface area contributed by atoms with Gasteiger partial charge in [-0.05, 0) is 35.9 Å². The number of rotatable bonds is 3. The molecule has 0 atom stereocenters. The molecular weight excluding hydrogens is 292 g/mol. The van der Waals surface area contributed by atoms with Crippen molar-refractivity contribution in [3.63, 3.8) is 0 Å². The Hall–Kier alpha value is -3.34. The summed E-state index contributed by atoms with van der Waals surface area (Å²) in [4.78, 5) is 23.4. The lowest BCUT2D eigenvalue weighted by Crippen LogP contribution is -2.33. The second-order valence-electron chi connectivity index (χ2n) is 5.05. The number of hydrogen-bond acceptors (Lipinski definition) is 2. The molecule has 2 aromatic carbocycles. The summed E-state index contributed by atoms with van der Waals surface area (Å²) in [5, 5.41) is 12.8. The SMILES string of the molecule is C=c1[nH]n(-c2ccc(C(=O)O)cc2)c(=O)/c1=C\c1ccccc1. The highest BCUT2D eigenvalue weighted by Crippen LogP contribution is 2.06. The first kappa shape index (κ1) is 14.6. The maximum atomic E-state index is 12.6. The molecule has 1 heterocycles. The molecule has 0 radical (unpaired) electrons. The molecule has 3 rings (SSSR count). The van der Waals surface area contributed by atoms with Gasteiger partial charge >= 0.3 is 5.97 Å². The first-order chi connectivity index (χ1) is 11.1. The van der Waals surface area contributed by atoms with Gasteiger partial charge in [0.2, 0.25) is 0 Å². The van der Waals surface area contributed by atoms with Crippen LogP contribution in [0.25, 0.3) is 18.3 Å². The number of aromatic amines is 1. The van der Waals surface area contributed by atoms with E-state index >= 15 is 0 Å². The van der Waals surface area contributed by atoms with Gasteiger partial charge in [-0.1, -0.05) is 36.9 Å². The van der Waals surface area contributed by atoms with Crippen molar-refractivity contribution in [1.29, 1.82) is 0 Å². The van der Waals surface area contributed by atoms with Crippen LogP contribution in [0.2, 0.25) is 0 Å². The van der Waals surface area contributed by atoms with Crippen LogP contribution in [0, 0.1) is 0 Å². The van der Waals surface area contributed by atoms with Gasteiger partial charge in [0.1, 0.15) is 0 Å². The topological polar surface area (TPSA) is 75.1 Å². The van der Waals surface area contributed by atoms with Crippen molar-refractivity contribution in [2.45, 2.75) is 0 Å². The smallest absolute Gasteiger partial charge is 0.335 e. The molecular formula is C18H14N2O3. The minimum atomic E-state index is -1.01. The number of benzene rings is 2. The van der Waals surface area contributed by atoms with E-state index in [0.717, 1.165) is 5.56 Å². The van der Waals surface area contributed by atoms with Gasteiger partial charge in [-0.25, -0.2) is 9.48 Å². The minimum Gasteiger partial charge on any atom is -0.478 e. The zero-order valence-corrected chi connectivity index (χ0v) is 12.2. The predicted octanol–water partition coefficient (Wildman–Crippen LogP) is 1.10. The molecule has 1 aromatic heterocycles. The molecule has 0 bridgehead atoms. The zero-order chi connectivity index (χ0) is 16.4. The molecule has 5 nitrogen and oxygen atoms in total. The molecule has 0 aliphatic carbocycles. The first-order valence-corrected chi connectivity index (χ1v) is 6.97. The second-order valence-corrected chi connectivity index (χ2v) is 5.05. The first-order valence-electron chi connectivity index (χ1n) is 6.97. The van der Waals surface area contributed by atoms with Gasteiger partial charge in [0.15, 0.2) is 0 Å². The number of H-pyrrole nitrogens is 1. The molecule has 23 heavy (non-hydrogen) atoms. The van der Waals surface area contributed by atoms with Gasteiger partial charge in [-0.3, -0.25) is 9.89 Å². The Morgan fingerprint density at radius 3 is 2.35 bits per heavy atom. The van der Waals surface area contributed by atoms with Crippen molar-refractivity contribution in [3.8, 4) is 5.69 Å². The Labute approximate surface area is 131 Å². The normalized spacial score (nSPS) is 11.6. The molecule has 0 saturated heterocycles. The number of nitrogens with zero attached hydrogens (tertiary/aromatic N) is 1. The van der Waals surface area contributed by atoms with Gasteiger partial charge in [0.25, 0.3) is 5.56 Å². The standard InChI is InChI=1S/C18H14N2O3/c1-12-16(11-13-5-3-2-4-6-13)17(21)20(19-12)15-9-7-14(8-10-15)18(22)23/h2-11,19H,1H2,(H,22,23)/b16-11-. The summed E-state index contributed by atoms with van der Waals surface area (Å²) in [6.07, 6.45) is 1.77. The van der Waals surface area contributed by atoms with Gasteiger partial charge in [0, 0.05) is 0 Å². The molecule has 0 saturated carbocycles. The lowest BCUT2D eigenvalue weighted by atomic mass is 10.2. The Morgan fingerprint density at radius 1 is 1.09 bits per heavy atom. The van der Waals surface area contributed by atoms with Crippen LogP contribution < -0.4 is 16.1 Å². The summed E-state index contributed by atoms with van der Waals surface area (Å²) in [6, 6.07) is 15.6. The summed E-state index contributed by atoms with van der Waals surface area (Å²) in [7, 11) is 0. The maximum absolute atomic E-state index is 12.6.